The lowest BCUT2D eigenvalue weighted by Gasteiger charge is -2.21. The summed E-state index contributed by atoms with van der Waals surface area (Å²) in [6.45, 7) is 4.52. The second-order valence-electron chi connectivity index (χ2n) is 6.17. The van der Waals surface area contributed by atoms with Crippen molar-refractivity contribution < 1.29 is 9.53 Å². The molecule has 4 nitrogen and oxygen atoms in total. The lowest BCUT2D eigenvalue weighted by molar-refractivity contribution is -0.116. The van der Waals surface area contributed by atoms with Crippen molar-refractivity contribution in [3.8, 4) is 5.75 Å². The minimum absolute atomic E-state index is 0.0192. The quantitative estimate of drug-likeness (QED) is 0.873. The molecule has 1 aliphatic heterocycles. The smallest absolute Gasteiger partial charge is 0.227 e. The molecule has 1 N–H and O–H groups in total. The third-order valence-electron chi connectivity index (χ3n) is 4.21. The monoisotopic (exact) mass is 324 g/mol. The molecule has 2 aromatic rings. The van der Waals surface area contributed by atoms with Crippen LogP contribution in [0.2, 0.25) is 0 Å². The van der Waals surface area contributed by atoms with Crippen molar-refractivity contribution in [2.45, 2.75) is 26.2 Å². The summed E-state index contributed by atoms with van der Waals surface area (Å²) in [4.78, 5) is 14.6. The molecule has 1 heterocycles. The maximum absolute atomic E-state index is 12.2. The molecular formula is C20H24N2O2. The fraction of sp³-hybridized carbons (Fsp3) is 0.350. The van der Waals surface area contributed by atoms with Crippen molar-refractivity contribution in [3.63, 3.8) is 0 Å². The van der Waals surface area contributed by atoms with Gasteiger partial charge in [0.1, 0.15) is 5.75 Å². The predicted molar refractivity (Wildman–Crippen MR) is 97.8 cm³/mol. The summed E-state index contributed by atoms with van der Waals surface area (Å²) in [7, 11) is 0. The SMILES string of the molecule is Cc1cccc(OCCC(=O)Nc2ccccc2N2CCCC2)c1. The predicted octanol–water partition coefficient (Wildman–Crippen LogP) is 4.00. The molecule has 0 bridgehead atoms. The van der Waals surface area contributed by atoms with Crippen LogP contribution in [0, 0.1) is 6.92 Å². The number of nitrogens with one attached hydrogen (secondary N) is 1. The van der Waals surface area contributed by atoms with Gasteiger partial charge in [0.05, 0.1) is 24.4 Å². The molecule has 0 aromatic heterocycles. The molecule has 4 heteroatoms. The van der Waals surface area contributed by atoms with Gasteiger partial charge in [-0.15, -0.1) is 0 Å². The Morgan fingerprint density at radius 1 is 1.12 bits per heavy atom. The Kier molecular flexibility index (Phi) is 5.36. The second kappa shape index (κ2) is 7.86. The van der Waals surface area contributed by atoms with E-state index in [1.807, 2.05) is 49.4 Å². The van der Waals surface area contributed by atoms with Gasteiger partial charge in [-0.25, -0.2) is 0 Å². The molecule has 1 fully saturated rings. The van der Waals surface area contributed by atoms with Crippen LogP contribution in [-0.4, -0.2) is 25.6 Å². The average molecular weight is 324 g/mol. The number of carbonyl (C=O) groups is 1. The summed E-state index contributed by atoms with van der Waals surface area (Å²) in [5.41, 5.74) is 3.15. The van der Waals surface area contributed by atoms with E-state index in [0.717, 1.165) is 35.8 Å². The molecule has 0 saturated carbocycles. The summed E-state index contributed by atoms with van der Waals surface area (Å²) in [6, 6.07) is 15.9. The van der Waals surface area contributed by atoms with Gasteiger partial charge < -0.3 is 15.0 Å². The molecule has 1 aliphatic rings. The number of carbonyl (C=O) groups excluding carboxylic acids is 1. The van der Waals surface area contributed by atoms with Gasteiger partial charge in [0.15, 0.2) is 0 Å². The number of hydrogen-bond acceptors (Lipinski definition) is 3. The number of para-hydroxylation sites is 2. The first-order chi connectivity index (χ1) is 11.7. The summed E-state index contributed by atoms with van der Waals surface area (Å²) in [6.07, 6.45) is 2.77. The minimum Gasteiger partial charge on any atom is -0.493 e. The van der Waals surface area contributed by atoms with E-state index in [-0.39, 0.29) is 5.91 Å². The van der Waals surface area contributed by atoms with Crippen LogP contribution in [0.1, 0.15) is 24.8 Å². The number of aryl methyl sites for hydroxylation is 1. The Labute approximate surface area is 143 Å². The molecule has 0 spiro atoms. The van der Waals surface area contributed by atoms with Crippen LogP contribution in [0.4, 0.5) is 11.4 Å². The standard InChI is InChI=1S/C20H24N2O2/c1-16-7-6-8-17(15-16)24-14-11-20(23)21-18-9-2-3-10-19(18)22-12-4-5-13-22/h2-3,6-10,15H,4-5,11-14H2,1H3,(H,21,23). The van der Waals surface area contributed by atoms with Crippen LogP contribution in [0.25, 0.3) is 0 Å². The first kappa shape index (κ1) is 16.4. The number of ether oxygens (including phenoxy) is 1. The Morgan fingerprint density at radius 3 is 2.71 bits per heavy atom. The summed E-state index contributed by atoms with van der Waals surface area (Å²) < 4.78 is 5.65. The molecular weight excluding hydrogens is 300 g/mol. The molecule has 0 unspecified atom stereocenters. The van der Waals surface area contributed by atoms with Crippen molar-refractivity contribution in [1.82, 2.24) is 0 Å². The van der Waals surface area contributed by atoms with Crippen LogP contribution in [0.15, 0.2) is 48.5 Å². The number of hydrogen-bond donors (Lipinski definition) is 1. The Hall–Kier alpha value is -2.49. The van der Waals surface area contributed by atoms with E-state index in [0.29, 0.717) is 13.0 Å². The van der Waals surface area contributed by atoms with Crippen LogP contribution in [-0.2, 0) is 4.79 Å². The van der Waals surface area contributed by atoms with Crippen LogP contribution in [0.5, 0.6) is 5.75 Å². The largest absolute Gasteiger partial charge is 0.493 e. The van der Waals surface area contributed by atoms with E-state index in [1.54, 1.807) is 0 Å². The third-order valence-corrected chi connectivity index (χ3v) is 4.21. The van der Waals surface area contributed by atoms with Gasteiger partial charge in [-0.3, -0.25) is 4.79 Å². The first-order valence-electron chi connectivity index (χ1n) is 8.56. The van der Waals surface area contributed by atoms with E-state index in [2.05, 4.69) is 16.3 Å². The number of benzene rings is 2. The normalized spacial score (nSPS) is 13.8. The fourth-order valence-corrected chi connectivity index (χ4v) is 2.99. The van der Waals surface area contributed by atoms with E-state index in [4.69, 9.17) is 4.74 Å². The lowest BCUT2D eigenvalue weighted by atomic mass is 10.2. The highest BCUT2D eigenvalue weighted by atomic mass is 16.5. The van der Waals surface area contributed by atoms with Crippen molar-refractivity contribution in [2.75, 3.05) is 29.9 Å². The zero-order chi connectivity index (χ0) is 16.8. The molecule has 1 saturated heterocycles. The van der Waals surface area contributed by atoms with Crippen molar-refractivity contribution in [2.24, 2.45) is 0 Å². The van der Waals surface area contributed by atoms with Crippen molar-refractivity contribution >= 4 is 17.3 Å². The van der Waals surface area contributed by atoms with Crippen LogP contribution in [0.3, 0.4) is 0 Å². The minimum atomic E-state index is -0.0192. The van der Waals surface area contributed by atoms with Crippen LogP contribution >= 0.6 is 0 Å². The molecule has 0 aliphatic carbocycles. The third kappa shape index (κ3) is 4.28. The zero-order valence-corrected chi connectivity index (χ0v) is 14.1. The van der Waals surface area contributed by atoms with E-state index < -0.39 is 0 Å². The van der Waals surface area contributed by atoms with Gasteiger partial charge in [0.2, 0.25) is 5.91 Å². The highest BCUT2D eigenvalue weighted by Gasteiger charge is 2.16. The fourth-order valence-electron chi connectivity index (χ4n) is 2.99. The highest BCUT2D eigenvalue weighted by Crippen LogP contribution is 2.28. The van der Waals surface area contributed by atoms with Gasteiger partial charge in [-0.05, 0) is 49.6 Å². The Morgan fingerprint density at radius 2 is 1.92 bits per heavy atom. The first-order valence-corrected chi connectivity index (χ1v) is 8.56. The molecule has 2 aromatic carbocycles. The Balaban J connectivity index is 1.53. The van der Waals surface area contributed by atoms with E-state index in [9.17, 15) is 4.79 Å². The summed E-state index contributed by atoms with van der Waals surface area (Å²) in [5, 5.41) is 3.02. The maximum Gasteiger partial charge on any atom is 0.227 e. The molecule has 126 valence electrons. The van der Waals surface area contributed by atoms with Gasteiger partial charge in [0.25, 0.3) is 0 Å². The molecule has 3 rings (SSSR count). The van der Waals surface area contributed by atoms with Gasteiger partial charge in [-0.1, -0.05) is 24.3 Å². The number of anilines is 2. The van der Waals surface area contributed by atoms with Crippen molar-refractivity contribution in [3.05, 3.63) is 54.1 Å². The highest BCUT2D eigenvalue weighted by molar-refractivity contribution is 5.94. The summed E-state index contributed by atoms with van der Waals surface area (Å²) in [5.74, 6) is 0.787. The van der Waals surface area contributed by atoms with Gasteiger partial charge in [-0.2, -0.15) is 0 Å². The van der Waals surface area contributed by atoms with Gasteiger partial charge >= 0.3 is 0 Å². The van der Waals surface area contributed by atoms with E-state index in [1.165, 1.54) is 12.8 Å². The zero-order valence-electron chi connectivity index (χ0n) is 14.1. The summed E-state index contributed by atoms with van der Waals surface area (Å²) >= 11 is 0. The number of nitrogens with zero attached hydrogens (tertiary/aromatic N) is 1. The van der Waals surface area contributed by atoms with Crippen LogP contribution < -0.4 is 15.0 Å². The molecule has 0 atom stereocenters. The average Bonchev–Trinajstić information content (AvgIpc) is 3.10. The second-order valence-corrected chi connectivity index (χ2v) is 6.17. The molecule has 1 amide bonds. The lowest BCUT2D eigenvalue weighted by Crippen LogP contribution is -2.21. The van der Waals surface area contributed by atoms with E-state index >= 15 is 0 Å². The Bertz CT molecular complexity index is 694. The van der Waals surface area contributed by atoms with Crippen molar-refractivity contribution in [1.29, 1.82) is 0 Å². The number of rotatable bonds is 6. The molecule has 24 heavy (non-hydrogen) atoms. The topological polar surface area (TPSA) is 41.6 Å². The number of amides is 1. The molecule has 0 radical (unpaired) electrons. The maximum atomic E-state index is 12.2. The van der Waals surface area contributed by atoms with Gasteiger partial charge in [0, 0.05) is 13.1 Å².